The highest BCUT2D eigenvalue weighted by molar-refractivity contribution is 7.59. The third-order valence-electron chi connectivity index (χ3n) is 21.3. The fourth-order valence-electron chi connectivity index (χ4n) is 13.9. The molecule has 8 rings (SSSR count). The van der Waals surface area contributed by atoms with E-state index in [0.717, 1.165) is 73.2 Å². The average Bonchev–Trinajstić information content (AvgIpc) is 1.59. The average molecular weight is 1780 g/mol. The van der Waals surface area contributed by atoms with Crippen LogP contribution in [0.1, 0.15) is 222 Å². The molecule has 0 spiro atoms. The van der Waals surface area contributed by atoms with Gasteiger partial charge in [0.25, 0.3) is 0 Å². The van der Waals surface area contributed by atoms with Gasteiger partial charge in [0, 0.05) is 91.4 Å². The maximum Gasteiger partial charge on any atom is 0.358 e. The number of aryl methyl sites for hydroxylation is 3. The highest BCUT2D eigenvalue weighted by Gasteiger charge is 2.51. The van der Waals surface area contributed by atoms with E-state index in [1.807, 2.05) is 193 Å². The van der Waals surface area contributed by atoms with E-state index in [2.05, 4.69) is 51.8 Å². The number of unbranched alkanes of at least 4 members (excludes halogenated alkanes) is 12. The Balaban J connectivity index is 0.000000420. The number of benzene rings is 5. The van der Waals surface area contributed by atoms with Gasteiger partial charge in [-0.15, -0.1) is 12.4 Å². The fraction of sp³-hybridized carbons (Fsp3) is 0.452. The largest absolute Gasteiger partial charge is 0.481 e. The van der Waals surface area contributed by atoms with Gasteiger partial charge >= 0.3 is 58.6 Å². The van der Waals surface area contributed by atoms with E-state index >= 15 is 0 Å². The highest BCUT2D eigenvalue weighted by Crippen LogP contribution is 2.67. The van der Waals surface area contributed by atoms with Gasteiger partial charge in [-0.3, -0.25) is 52.4 Å². The number of nitrogens with one attached hydrogen (secondary N) is 3. The monoisotopic (exact) mass is 1780 g/mol. The van der Waals surface area contributed by atoms with Crippen molar-refractivity contribution in [2.45, 2.75) is 225 Å². The Labute approximate surface area is 730 Å². The zero-order valence-corrected chi connectivity index (χ0v) is 75.6. The van der Waals surface area contributed by atoms with Crippen LogP contribution in [-0.4, -0.2) is 130 Å². The van der Waals surface area contributed by atoms with Gasteiger partial charge in [-0.25, -0.2) is 4.99 Å². The Bertz CT molecular complexity index is 4630. The molecular formula is C93H126ClN5O21P3+. The number of anilines is 2. The molecule has 0 bridgehead atoms. The minimum atomic E-state index is -4.06. The number of carboxylic acid groups (broad SMARTS) is 6. The van der Waals surface area contributed by atoms with E-state index in [4.69, 9.17) is 57.8 Å². The lowest BCUT2D eigenvalue weighted by atomic mass is 9.76. The molecule has 5 aromatic carbocycles. The second-order valence-corrected chi connectivity index (χ2v) is 37.4. The third-order valence-corrected chi connectivity index (χ3v) is 27.6. The molecular weight excluding hydrogens is 1650 g/mol. The zero-order valence-electron chi connectivity index (χ0n) is 72.1. The van der Waals surface area contributed by atoms with Crippen molar-refractivity contribution in [3.63, 3.8) is 0 Å². The summed E-state index contributed by atoms with van der Waals surface area (Å²) in [7, 11) is -11.5. The number of hydrogen-bond acceptors (Lipinski definition) is 19. The number of carbonyl (C=O) groups is 6. The molecule has 3 unspecified atom stereocenters. The number of aliphatic carboxylic acids is 6. The first-order valence-electron chi connectivity index (χ1n) is 42.0. The van der Waals surface area contributed by atoms with Crippen LogP contribution in [-0.2, 0) is 85.8 Å². The van der Waals surface area contributed by atoms with Crippen molar-refractivity contribution in [3.8, 4) is 0 Å². The number of halogens is 1. The third kappa shape index (κ3) is 34.3. The number of hydrogen-bond donors (Lipinski definition) is 9. The summed E-state index contributed by atoms with van der Waals surface area (Å²) in [5, 5.41) is 61.0. The van der Waals surface area contributed by atoms with Crippen LogP contribution >= 0.6 is 35.2 Å². The summed E-state index contributed by atoms with van der Waals surface area (Å²) < 4.78 is 79.4. The summed E-state index contributed by atoms with van der Waals surface area (Å²) in [6, 6.07) is 37.9. The Hall–Kier alpha value is -9.29. The van der Waals surface area contributed by atoms with E-state index in [1.54, 1.807) is 6.21 Å². The molecule has 0 aromatic heterocycles. The molecule has 3 atom stereocenters. The lowest BCUT2D eigenvalue weighted by Gasteiger charge is -2.33. The minimum Gasteiger partial charge on any atom is -0.481 e. The molecule has 26 nitrogen and oxygen atoms in total. The van der Waals surface area contributed by atoms with Crippen LogP contribution in [0.15, 0.2) is 197 Å². The summed E-state index contributed by atoms with van der Waals surface area (Å²) in [6.45, 7) is 23.1. The first kappa shape index (κ1) is 104. The van der Waals surface area contributed by atoms with E-state index in [-0.39, 0.29) is 102 Å². The zero-order chi connectivity index (χ0) is 89.2. The summed E-state index contributed by atoms with van der Waals surface area (Å²) in [6.07, 6.45) is 25.3. The predicted molar refractivity (Wildman–Crippen MR) is 488 cm³/mol. The molecule has 5 aromatic rings. The van der Waals surface area contributed by atoms with Crippen molar-refractivity contribution in [1.29, 1.82) is 0 Å². The van der Waals surface area contributed by atoms with Crippen LogP contribution in [0.2, 0.25) is 0 Å². The number of carboxylic acids is 6. The molecule has 670 valence electrons. The predicted octanol–water partition coefficient (Wildman–Crippen LogP) is 21.9. The molecule has 3 aliphatic heterocycles. The quantitative estimate of drug-likeness (QED) is 0.00755. The summed E-state index contributed by atoms with van der Waals surface area (Å²) in [5.41, 5.74) is 10.2. The number of para-hydroxylation sites is 2. The lowest BCUT2D eigenvalue weighted by Crippen LogP contribution is -2.65. The Kier molecular flexibility index (Phi) is 45.0. The smallest absolute Gasteiger partial charge is 0.358 e. The van der Waals surface area contributed by atoms with Crippen molar-refractivity contribution in [1.82, 2.24) is 0 Å². The number of allylic oxidation sites excluding steroid dienone is 8. The number of rotatable bonds is 56. The maximum absolute atomic E-state index is 15.0. The van der Waals surface area contributed by atoms with Gasteiger partial charge in [-0.1, -0.05) is 153 Å². The molecule has 0 aliphatic carbocycles. The molecule has 123 heavy (non-hydrogen) atoms. The van der Waals surface area contributed by atoms with E-state index in [0.29, 0.717) is 133 Å². The van der Waals surface area contributed by atoms with Gasteiger partial charge in [0.2, 0.25) is 5.69 Å². The molecule has 0 fully saturated rings. The Morgan fingerprint density at radius 2 is 0.886 bits per heavy atom. The summed E-state index contributed by atoms with van der Waals surface area (Å²) in [5.74, 6) is -5.21. The van der Waals surface area contributed by atoms with Crippen LogP contribution in [0.4, 0.5) is 28.4 Å². The van der Waals surface area contributed by atoms with Crippen LogP contribution < -0.4 is 15.6 Å². The van der Waals surface area contributed by atoms with E-state index in [9.17, 15) is 42.5 Å². The standard InChI is InChI=1S/C53H74N2O14P2.C25H36NO7P.C15H14N2.ClH/c1-39-27-29-44-42(37-39)52(4,31-36-70(64,66-32-17-7-13-23-48(56)57)67-33-18-8-14-24-49(58)59)46(54-44)21-11-6-12-22-47-53(5,43-38-40(2)28-30-45(43)55-47)41(3)71(65,68-34-19-9-15-25-50(60)61)69-35-20-10-16-26-51(62)63;1-18-13-14-22-21(17-18)25(4,19(2)26-22)20(3)34(31,32-15-9-5-7-11-23(27)28)33-16-10-6-8-12-24(29)30;1-3-8-14(9-4-1)16-12-7-13-17-15-10-5-2-6-11-15;/h6,11-12,21-22,27-30,37-38,55H,3,7-10,13-20,23-26,31-36H2,1-2,4-5H3,(H,56,57)(H,58,59)(H,60,61)(H,62,63);13-14,17H,3,5-12,15-16H2,1-2,4H3,(H,27,28)(H,29,30);1-13,16H;1H/p+1/b;;12-7+,17-13?;. The van der Waals surface area contributed by atoms with Crippen molar-refractivity contribution < 1.29 is 105 Å². The maximum atomic E-state index is 15.0. The lowest BCUT2D eigenvalue weighted by molar-refractivity contribution is -0.349. The molecule has 3 aliphatic rings. The molecule has 30 heteroatoms. The number of fused-ring (bicyclic) bond motifs is 3. The van der Waals surface area contributed by atoms with E-state index < -0.39 is 74.8 Å². The highest BCUT2D eigenvalue weighted by atomic mass is 35.5. The van der Waals surface area contributed by atoms with Crippen molar-refractivity contribution in [3.05, 3.63) is 221 Å². The van der Waals surface area contributed by atoms with Gasteiger partial charge in [-0.05, 0) is 198 Å². The van der Waals surface area contributed by atoms with Gasteiger partial charge in [0.15, 0.2) is 5.71 Å². The molecule has 9 N–H and O–H groups in total. The number of nitrogens with zero attached hydrogens (tertiary/aromatic N) is 2. The number of aliphatic imine (C=N–C) groups is 2. The first-order chi connectivity index (χ1) is 58.2. The normalized spacial score (nSPS) is 16.8. The summed E-state index contributed by atoms with van der Waals surface area (Å²) in [4.78, 5) is 78.1. The van der Waals surface area contributed by atoms with Crippen LogP contribution in [0.3, 0.4) is 0 Å². The van der Waals surface area contributed by atoms with Crippen LogP contribution in [0, 0.1) is 20.8 Å². The van der Waals surface area contributed by atoms with Crippen LogP contribution in [0.5, 0.6) is 0 Å². The summed E-state index contributed by atoms with van der Waals surface area (Å²) >= 11 is 0. The Morgan fingerprint density at radius 3 is 1.34 bits per heavy atom. The molecule has 3 heterocycles. The SMILES string of the molecule is C(/C=C/Nc1ccccc1)=Nc1ccccc1.C=C(C1(C)C(=CC=CC=CC2=[NH+]c3ccc(C)cc3C2(C)CCP(=O)(OCCCCCC(=O)O)OCCCCCC(=O)O)Nc2ccc(C)cc21)P(=O)(OCCCCCC(=O)O)OCCCCCC(=O)O.C=C(C1(C)C(C)=Nc2ccc(C)cc21)P(=O)(OCCCCCC(=O)O)OCCCCCC(=O)O.Cl. The van der Waals surface area contributed by atoms with Crippen molar-refractivity contribution in [2.24, 2.45) is 9.98 Å². The van der Waals surface area contributed by atoms with Gasteiger partial charge in [0.05, 0.1) is 84.1 Å². The van der Waals surface area contributed by atoms with Crippen molar-refractivity contribution >= 4 is 117 Å². The van der Waals surface area contributed by atoms with Gasteiger partial charge in [0.1, 0.15) is 0 Å². The fourth-order valence-corrected chi connectivity index (χ4v) is 19.7. The minimum absolute atomic E-state index is 0. The van der Waals surface area contributed by atoms with Gasteiger partial charge in [-0.2, -0.15) is 0 Å². The van der Waals surface area contributed by atoms with Crippen LogP contribution in [0.25, 0.3) is 0 Å². The molecule has 0 saturated carbocycles. The first-order valence-corrected chi connectivity index (χ1v) is 46.8. The molecule has 0 amide bonds. The second-order valence-electron chi connectivity index (χ2n) is 31.1. The molecule has 0 saturated heterocycles. The second kappa shape index (κ2) is 53.1. The van der Waals surface area contributed by atoms with Crippen molar-refractivity contribution in [2.75, 3.05) is 56.4 Å². The van der Waals surface area contributed by atoms with Gasteiger partial charge < -0.3 is 68.4 Å². The molecule has 0 radical (unpaired) electrons. The topological polar surface area (TPSA) is 393 Å². The Morgan fingerprint density at radius 1 is 0.480 bits per heavy atom. The van der Waals surface area contributed by atoms with E-state index in [1.165, 1.54) is 0 Å².